The fourth-order valence-electron chi connectivity index (χ4n) is 1.59. The highest BCUT2D eigenvalue weighted by molar-refractivity contribution is 6.31. The number of aromatic hydroxyl groups is 1. The van der Waals surface area contributed by atoms with Crippen molar-refractivity contribution in [2.24, 2.45) is 5.73 Å². The molecule has 2 rings (SSSR count). The Morgan fingerprint density at radius 2 is 2.00 bits per heavy atom. The highest BCUT2D eigenvalue weighted by atomic mass is 35.5. The molecule has 16 heavy (non-hydrogen) atoms. The van der Waals surface area contributed by atoms with Crippen molar-refractivity contribution >= 4 is 28.2 Å². The third-order valence-corrected chi connectivity index (χ3v) is 2.64. The van der Waals surface area contributed by atoms with Crippen LogP contribution in [0.25, 0.3) is 10.8 Å². The van der Waals surface area contributed by atoms with Crippen molar-refractivity contribution in [2.75, 3.05) is 6.54 Å². The molecule has 3 N–H and O–H groups in total. The normalized spacial score (nSPS) is 10.6. The first-order valence-corrected chi connectivity index (χ1v) is 5.15. The summed E-state index contributed by atoms with van der Waals surface area (Å²) in [6.45, 7) is -0.125. The summed E-state index contributed by atoms with van der Waals surface area (Å²) in [5.74, 6) is -0.343. The predicted octanol–water partition coefficient (Wildman–Crippen LogP) is 2.34. The van der Waals surface area contributed by atoms with Gasteiger partial charge in [-0.3, -0.25) is 4.79 Å². The second-order valence-corrected chi connectivity index (χ2v) is 3.92. The molecule has 0 aromatic heterocycles. The zero-order valence-electron chi connectivity index (χ0n) is 8.40. The molecule has 0 aliphatic carbocycles. The summed E-state index contributed by atoms with van der Waals surface area (Å²) >= 11 is 5.85. The molecular formula is C12H10ClNO2. The third kappa shape index (κ3) is 1.87. The fraction of sp³-hybridized carbons (Fsp3) is 0.0833. The number of nitrogens with two attached hydrogens (primary N) is 1. The first-order chi connectivity index (χ1) is 7.61. The SMILES string of the molecule is NCC(=O)c1cc2cc(Cl)ccc2cc1O. The van der Waals surface area contributed by atoms with Gasteiger partial charge in [0, 0.05) is 5.02 Å². The average molecular weight is 236 g/mol. The highest BCUT2D eigenvalue weighted by Crippen LogP contribution is 2.27. The van der Waals surface area contributed by atoms with E-state index in [-0.39, 0.29) is 23.6 Å². The molecule has 0 unspecified atom stereocenters. The van der Waals surface area contributed by atoms with E-state index in [1.54, 1.807) is 24.3 Å². The van der Waals surface area contributed by atoms with Crippen LogP contribution >= 0.6 is 11.6 Å². The first-order valence-electron chi connectivity index (χ1n) is 4.77. The lowest BCUT2D eigenvalue weighted by Crippen LogP contribution is -2.13. The Morgan fingerprint density at radius 3 is 2.69 bits per heavy atom. The number of carbonyl (C=O) groups excluding carboxylic acids is 1. The smallest absolute Gasteiger partial charge is 0.180 e. The lowest BCUT2D eigenvalue weighted by molar-refractivity contribution is 0.0999. The third-order valence-electron chi connectivity index (χ3n) is 2.40. The maximum atomic E-state index is 11.4. The Bertz CT molecular complexity index is 566. The largest absolute Gasteiger partial charge is 0.507 e. The van der Waals surface area contributed by atoms with Crippen molar-refractivity contribution in [3.63, 3.8) is 0 Å². The Kier molecular flexibility index (Phi) is 2.81. The van der Waals surface area contributed by atoms with Gasteiger partial charge in [-0.15, -0.1) is 0 Å². The minimum Gasteiger partial charge on any atom is -0.507 e. The van der Waals surface area contributed by atoms with E-state index >= 15 is 0 Å². The van der Waals surface area contributed by atoms with E-state index < -0.39 is 0 Å². The average Bonchev–Trinajstić information content (AvgIpc) is 2.28. The molecule has 0 amide bonds. The van der Waals surface area contributed by atoms with Crippen LogP contribution in [-0.4, -0.2) is 17.4 Å². The van der Waals surface area contributed by atoms with Crippen molar-refractivity contribution in [3.8, 4) is 5.75 Å². The minimum atomic E-state index is -0.292. The summed E-state index contributed by atoms with van der Waals surface area (Å²) in [4.78, 5) is 11.4. The quantitative estimate of drug-likeness (QED) is 0.786. The van der Waals surface area contributed by atoms with Crippen molar-refractivity contribution in [3.05, 3.63) is 40.9 Å². The van der Waals surface area contributed by atoms with Gasteiger partial charge in [0.05, 0.1) is 12.1 Å². The van der Waals surface area contributed by atoms with Crippen LogP contribution in [0.3, 0.4) is 0 Å². The van der Waals surface area contributed by atoms with Gasteiger partial charge in [-0.05, 0) is 35.0 Å². The van der Waals surface area contributed by atoms with Crippen molar-refractivity contribution in [1.29, 1.82) is 0 Å². The number of benzene rings is 2. The standard InChI is InChI=1S/C12H10ClNO2/c13-9-2-1-7-5-11(15)10(12(16)6-14)4-8(7)3-9/h1-5,15H,6,14H2. The summed E-state index contributed by atoms with van der Waals surface area (Å²) < 4.78 is 0. The summed E-state index contributed by atoms with van der Waals surface area (Å²) in [5, 5.41) is 11.9. The number of hydrogen-bond acceptors (Lipinski definition) is 3. The van der Waals surface area contributed by atoms with E-state index in [9.17, 15) is 9.90 Å². The van der Waals surface area contributed by atoms with Crippen LogP contribution in [-0.2, 0) is 0 Å². The van der Waals surface area contributed by atoms with Crippen LogP contribution in [0.4, 0.5) is 0 Å². The van der Waals surface area contributed by atoms with E-state index in [0.717, 1.165) is 10.8 Å². The second kappa shape index (κ2) is 4.12. The van der Waals surface area contributed by atoms with Gasteiger partial charge >= 0.3 is 0 Å². The summed E-state index contributed by atoms with van der Waals surface area (Å²) in [7, 11) is 0. The molecule has 0 bridgehead atoms. The molecule has 2 aromatic rings. The summed E-state index contributed by atoms with van der Waals surface area (Å²) in [6.07, 6.45) is 0. The van der Waals surface area contributed by atoms with Gasteiger partial charge in [0.2, 0.25) is 0 Å². The Morgan fingerprint density at radius 1 is 1.25 bits per heavy atom. The molecule has 0 fully saturated rings. The topological polar surface area (TPSA) is 63.3 Å². The summed E-state index contributed by atoms with van der Waals surface area (Å²) in [6, 6.07) is 8.39. The number of phenolic OH excluding ortho intramolecular Hbond substituents is 1. The van der Waals surface area contributed by atoms with Crippen molar-refractivity contribution in [2.45, 2.75) is 0 Å². The lowest BCUT2D eigenvalue weighted by atomic mass is 10.0. The Hall–Kier alpha value is -1.58. The number of fused-ring (bicyclic) bond motifs is 1. The number of Topliss-reactive ketones (excluding diaryl/α,β-unsaturated/α-hetero) is 1. The molecule has 4 heteroatoms. The zero-order chi connectivity index (χ0) is 11.7. The van der Waals surface area contributed by atoms with E-state index in [0.29, 0.717) is 5.02 Å². The second-order valence-electron chi connectivity index (χ2n) is 3.49. The van der Waals surface area contributed by atoms with Crippen molar-refractivity contribution < 1.29 is 9.90 Å². The van der Waals surface area contributed by atoms with Gasteiger partial charge in [0.15, 0.2) is 5.78 Å². The Balaban J connectivity index is 2.68. The number of rotatable bonds is 2. The molecule has 0 aliphatic rings. The van der Waals surface area contributed by atoms with E-state index in [1.807, 2.05) is 0 Å². The van der Waals surface area contributed by atoms with Gasteiger partial charge < -0.3 is 10.8 Å². The number of halogens is 1. The number of phenols is 1. The van der Waals surface area contributed by atoms with Gasteiger partial charge in [-0.25, -0.2) is 0 Å². The van der Waals surface area contributed by atoms with Crippen LogP contribution in [0.15, 0.2) is 30.3 Å². The molecule has 3 nitrogen and oxygen atoms in total. The maximum absolute atomic E-state index is 11.4. The van der Waals surface area contributed by atoms with E-state index in [2.05, 4.69) is 0 Å². The number of ketones is 1. The van der Waals surface area contributed by atoms with E-state index in [4.69, 9.17) is 17.3 Å². The van der Waals surface area contributed by atoms with Gasteiger partial charge in [-0.2, -0.15) is 0 Å². The fourth-order valence-corrected chi connectivity index (χ4v) is 1.77. The van der Waals surface area contributed by atoms with Crippen LogP contribution < -0.4 is 5.73 Å². The molecule has 0 radical (unpaired) electrons. The summed E-state index contributed by atoms with van der Waals surface area (Å²) in [5.41, 5.74) is 5.49. The molecule has 0 spiro atoms. The predicted molar refractivity (Wildman–Crippen MR) is 64.0 cm³/mol. The highest BCUT2D eigenvalue weighted by Gasteiger charge is 2.10. The van der Waals surface area contributed by atoms with Crippen LogP contribution in [0, 0.1) is 0 Å². The zero-order valence-corrected chi connectivity index (χ0v) is 9.16. The number of hydrogen-bond donors (Lipinski definition) is 2. The van der Waals surface area contributed by atoms with Gasteiger partial charge in [-0.1, -0.05) is 17.7 Å². The minimum absolute atomic E-state index is 0.0507. The first kappa shape index (κ1) is 10.9. The van der Waals surface area contributed by atoms with E-state index in [1.165, 1.54) is 6.07 Å². The molecule has 0 atom stereocenters. The molecular weight excluding hydrogens is 226 g/mol. The molecule has 0 aliphatic heterocycles. The monoisotopic (exact) mass is 235 g/mol. The van der Waals surface area contributed by atoms with Crippen LogP contribution in [0.5, 0.6) is 5.75 Å². The molecule has 0 saturated heterocycles. The number of carbonyl (C=O) groups is 1. The molecule has 0 heterocycles. The van der Waals surface area contributed by atoms with Gasteiger partial charge in [0.1, 0.15) is 5.75 Å². The van der Waals surface area contributed by atoms with Crippen LogP contribution in [0.2, 0.25) is 5.02 Å². The molecule has 2 aromatic carbocycles. The maximum Gasteiger partial charge on any atom is 0.180 e. The Labute approximate surface area is 97.4 Å². The van der Waals surface area contributed by atoms with Crippen molar-refractivity contribution in [1.82, 2.24) is 0 Å². The molecule has 0 saturated carbocycles. The molecule has 82 valence electrons. The van der Waals surface area contributed by atoms with Gasteiger partial charge in [0.25, 0.3) is 0 Å². The van der Waals surface area contributed by atoms with Crippen LogP contribution in [0.1, 0.15) is 10.4 Å². The lowest BCUT2D eigenvalue weighted by Gasteiger charge is -2.05.